The van der Waals surface area contributed by atoms with Crippen LogP contribution in [0.4, 0.5) is 0 Å². The Morgan fingerprint density at radius 3 is 2.92 bits per heavy atom. The molecule has 0 saturated heterocycles. The highest BCUT2D eigenvalue weighted by atomic mass is 32.1. The fourth-order valence-corrected chi connectivity index (χ4v) is 1.54. The van der Waals surface area contributed by atoms with E-state index in [-0.39, 0.29) is 5.91 Å². The first kappa shape index (κ1) is 10.1. The Kier molecular flexibility index (Phi) is 3.39. The standard InChI is InChI=1S/C8H13N3OS/c1-6-10-7(5-13-6)8(12)11(2)4-3-9/h5H,3-4,9H2,1-2H3. The van der Waals surface area contributed by atoms with Gasteiger partial charge in [0, 0.05) is 25.5 Å². The summed E-state index contributed by atoms with van der Waals surface area (Å²) in [4.78, 5) is 17.2. The highest BCUT2D eigenvalue weighted by molar-refractivity contribution is 7.09. The van der Waals surface area contributed by atoms with Crippen molar-refractivity contribution in [2.45, 2.75) is 6.92 Å². The van der Waals surface area contributed by atoms with E-state index >= 15 is 0 Å². The van der Waals surface area contributed by atoms with Gasteiger partial charge in [-0.05, 0) is 6.92 Å². The first-order valence-electron chi connectivity index (χ1n) is 4.03. The Hall–Kier alpha value is -0.940. The number of rotatable bonds is 3. The van der Waals surface area contributed by atoms with Gasteiger partial charge >= 0.3 is 0 Å². The Morgan fingerprint density at radius 1 is 1.77 bits per heavy atom. The fourth-order valence-electron chi connectivity index (χ4n) is 0.952. The SMILES string of the molecule is Cc1nc(C(=O)N(C)CCN)cs1. The van der Waals surface area contributed by atoms with Gasteiger partial charge in [-0.3, -0.25) is 4.79 Å². The van der Waals surface area contributed by atoms with Gasteiger partial charge in [0.1, 0.15) is 5.69 Å². The van der Waals surface area contributed by atoms with Gasteiger partial charge in [-0.25, -0.2) is 4.98 Å². The molecule has 5 heteroatoms. The first-order valence-corrected chi connectivity index (χ1v) is 4.90. The molecule has 0 aromatic carbocycles. The van der Waals surface area contributed by atoms with Gasteiger partial charge in [-0.2, -0.15) is 0 Å². The van der Waals surface area contributed by atoms with Crippen LogP contribution in [0.2, 0.25) is 0 Å². The molecular weight excluding hydrogens is 186 g/mol. The third kappa shape index (κ3) is 2.50. The van der Waals surface area contributed by atoms with E-state index in [9.17, 15) is 4.79 Å². The van der Waals surface area contributed by atoms with Crippen LogP contribution < -0.4 is 5.73 Å². The average molecular weight is 199 g/mol. The molecule has 0 atom stereocenters. The van der Waals surface area contributed by atoms with Gasteiger partial charge in [0.15, 0.2) is 0 Å². The van der Waals surface area contributed by atoms with E-state index in [0.717, 1.165) is 5.01 Å². The molecule has 0 radical (unpaired) electrons. The summed E-state index contributed by atoms with van der Waals surface area (Å²) in [6, 6.07) is 0. The molecule has 0 spiro atoms. The zero-order valence-corrected chi connectivity index (χ0v) is 8.60. The van der Waals surface area contributed by atoms with Crippen molar-refractivity contribution in [2.75, 3.05) is 20.1 Å². The van der Waals surface area contributed by atoms with Crippen molar-refractivity contribution in [3.63, 3.8) is 0 Å². The minimum Gasteiger partial charge on any atom is -0.339 e. The number of amides is 1. The Balaban J connectivity index is 2.67. The summed E-state index contributed by atoms with van der Waals surface area (Å²) in [6.45, 7) is 2.92. The highest BCUT2D eigenvalue weighted by Gasteiger charge is 2.13. The van der Waals surface area contributed by atoms with Crippen molar-refractivity contribution in [1.29, 1.82) is 0 Å². The molecule has 0 saturated carbocycles. The van der Waals surface area contributed by atoms with E-state index in [4.69, 9.17) is 5.73 Å². The maximum absolute atomic E-state index is 11.6. The summed E-state index contributed by atoms with van der Waals surface area (Å²) in [7, 11) is 1.73. The number of aryl methyl sites for hydroxylation is 1. The van der Waals surface area contributed by atoms with E-state index in [1.54, 1.807) is 17.3 Å². The number of thiazole rings is 1. The van der Waals surface area contributed by atoms with Crippen LogP contribution in [0.5, 0.6) is 0 Å². The van der Waals surface area contributed by atoms with Crippen molar-refractivity contribution in [3.05, 3.63) is 16.1 Å². The number of likely N-dealkylation sites (N-methyl/N-ethyl adjacent to an activating group) is 1. The number of aromatic nitrogens is 1. The molecule has 1 aromatic heterocycles. The maximum atomic E-state index is 11.6. The lowest BCUT2D eigenvalue weighted by Crippen LogP contribution is -2.31. The molecule has 0 aliphatic carbocycles. The molecule has 4 nitrogen and oxygen atoms in total. The molecule has 72 valence electrons. The van der Waals surface area contributed by atoms with E-state index in [0.29, 0.717) is 18.8 Å². The molecule has 0 aliphatic heterocycles. The quantitative estimate of drug-likeness (QED) is 0.770. The van der Waals surface area contributed by atoms with E-state index < -0.39 is 0 Å². The van der Waals surface area contributed by atoms with Gasteiger partial charge in [-0.15, -0.1) is 11.3 Å². The second kappa shape index (κ2) is 4.34. The van der Waals surface area contributed by atoms with Crippen LogP contribution >= 0.6 is 11.3 Å². The van der Waals surface area contributed by atoms with Crippen LogP contribution in [0, 0.1) is 6.92 Å². The molecule has 13 heavy (non-hydrogen) atoms. The summed E-state index contributed by atoms with van der Waals surface area (Å²) < 4.78 is 0. The molecule has 1 heterocycles. The Bertz CT molecular complexity index is 297. The van der Waals surface area contributed by atoms with E-state index in [1.807, 2.05) is 6.92 Å². The molecule has 0 unspecified atom stereocenters. The van der Waals surface area contributed by atoms with Crippen LogP contribution in [-0.4, -0.2) is 35.9 Å². The third-order valence-electron chi connectivity index (χ3n) is 1.65. The summed E-state index contributed by atoms with van der Waals surface area (Å²) in [5.74, 6) is -0.0604. The number of carbonyl (C=O) groups excluding carboxylic acids is 1. The highest BCUT2D eigenvalue weighted by Crippen LogP contribution is 2.09. The lowest BCUT2D eigenvalue weighted by atomic mass is 10.4. The molecule has 0 fully saturated rings. The van der Waals surface area contributed by atoms with Crippen molar-refractivity contribution >= 4 is 17.2 Å². The molecule has 0 aliphatic rings. The predicted octanol–water partition coefficient (Wildman–Crippen LogP) is 0.482. The van der Waals surface area contributed by atoms with Crippen molar-refractivity contribution in [2.24, 2.45) is 5.73 Å². The minimum absolute atomic E-state index is 0.0604. The van der Waals surface area contributed by atoms with Gasteiger partial charge in [0.2, 0.25) is 0 Å². The summed E-state index contributed by atoms with van der Waals surface area (Å²) >= 11 is 1.48. The van der Waals surface area contributed by atoms with E-state index in [2.05, 4.69) is 4.98 Å². The van der Waals surface area contributed by atoms with Crippen LogP contribution in [0.3, 0.4) is 0 Å². The summed E-state index contributed by atoms with van der Waals surface area (Å²) in [6.07, 6.45) is 0. The normalized spacial score (nSPS) is 10.1. The molecule has 1 rings (SSSR count). The smallest absolute Gasteiger partial charge is 0.273 e. The number of nitrogens with two attached hydrogens (primary N) is 1. The number of hydrogen-bond acceptors (Lipinski definition) is 4. The maximum Gasteiger partial charge on any atom is 0.273 e. The molecule has 2 N–H and O–H groups in total. The fraction of sp³-hybridized carbons (Fsp3) is 0.500. The lowest BCUT2D eigenvalue weighted by molar-refractivity contribution is 0.0794. The zero-order chi connectivity index (χ0) is 9.84. The largest absolute Gasteiger partial charge is 0.339 e. The summed E-state index contributed by atoms with van der Waals surface area (Å²) in [5, 5.41) is 2.68. The van der Waals surface area contributed by atoms with Gasteiger partial charge < -0.3 is 10.6 Å². The number of carbonyl (C=O) groups is 1. The second-order valence-electron chi connectivity index (χ2n) is 2.77. The minimum atomic E-state index is -0.0604. The lowest BCUT2D eigenvalue weighted by Gasteiger charge is -2.13. The van der Waals surface area contributed by atoms with E-state index in [1.165, 1.54) is 11.3 Å². The molecule has 1 aromatic rings. The second-order valence-corrected chi connectivity index (χ2v) is 3.83. The topological polar surface area (TPSA) is 59.2 Å². The predicted molar refractivity (Wildman–Crippen MR) is 52.9 cm³/mol. The molecule has 0 bridgehead atoms. The Labute approximate surface area is 81.4 Å². The van der Waals surface area contributed by atoms with Crippen LogP contribution in [-0.2, 0) is 0 Å². The third-order valence-corrected chi connectivity index (χ3v) is 2.42. The van der Waals surface area contributed by atoms with Crippen LogP contribution in [0.1, 0.15) is 15.5 Å². The summed E-state index contributed by atoms with van der Waals surface area (Å²) in [5.41, 5.74) is 5.85. The molecular formula is C8H13N3OS. The van der Waals surface area contributed by atoms with Crippen LogP contribution in [0.25, 0.3) is 0 Å². The number of hydrogen-bond donors (Lipinski definition) is 1. The van der Waals surface area contributed by atoms with Gasteiger partial charge in [0.05, 0.1) is 5.01 Å². The monoisotopic (exact) mass is 199 g/mol. The zero-order valence-electron chi connectivity index (χ0n) is 7.78. The Morgan fingerprint density at radius 2 is 2.46 bits per heavy atom. The average Bonchev–Trinajstić information content (AvgIpc) is 2.51. The van der Waals surface area contributed by atoms with Gasteiger partial charge in [0.25, 0.3) is 5.91 Å². The first-order chi connectivity index (χ1) is 6.15. The van der Waals surface area contributed by atoms with Crippen molar-refractivity contribution < 1.29 is 4.79 Å². The van der Waals surface area contributed by atoms with Crippen LogP contribution in [0.15, 0.2) is 5.38 Å². The van der Waals surface area contributed by atoms with Crippen molar-refractivity contribution in [1.82, 2.24) is 9.88 Å². The molecule has 1 amide bonds. The van der Waals surface area contributed by atoms with Gasteiger partial charge in [-0.1, -0.05) is 0 Å². The van der Waals surface area contributed by atoms with Crippen molar-refractivity contribution in [3.8, 4) is 0 Å². The number of nitrogens with zero attached hydrogens (tertiary/aromatic N) is 2.